The van der Waals surface area contributed by atoms with Gasteiger partial charge in [0, 0.05) is 24.7 Å². The molecule has 0 amide bonds. The number of hydrogen-bond donors (Lipinski definition) is 0. The average Bonchev–Trinajstić information content (AvgIpc) is 2.37. The van der Waals surface area contributed by atoms with Crippen LogP contribution in [0, 0.1) is 0 Å². The summed E-state index contributed by atoms with van der Waals surface area (Å²) < 4.78 is 11.7. The Labute approximate surface area is 124 Å². The van der Waals surface area contributed by atoms with Gasteiger partial charge in [-0.3, -0.25) is 4.90 Å². The number of ether oxygens (including phenoxy) is 2. The van der Waals surface area contributed by atoms with Gasteiger partial charge in [-0.1, -0.05) is 19.1 Å². The SMILES string of the molecule is C=C(C)CN(CC)Cc1cc(Br)c(OC)cc1OC. The first-order valence-corrected chi connectivity index (χ1v) is 7.08. The van der Waals surface area contributed by atoms with Gasteiger partial charge < -0.3 is 9.47 Å². The minimum absolute atomic E-state index is 0.781. The molecule has 0 aliphatic rings. The van der Waals surface area contributed by atoms with Crippen LogP contribution in [-0.2, 0) is 6.54 Å². The minimum Gasteiger partial charge on any atom is -0.496 e. The molecule has 0 aliphatic carbocycles. The molecule has 0 unspecified atom stereocenters. The number of likely N-dealkylation sites (N-methyl/N-ethyl adjacent to an activating group) is 1. The quantitative estimate of drug-likeness (QED) is 0.710. The molecule has 0 heterocycles. The van der Waals surface area contributed by atoms with Crippen LogP contribution in [0.1, 0.15) is 19.4 Å². The summed E-state index contributed by atoms with van der Waals surface area (Å²) in [4.78, 5) is 2.32. The van der Waals surface area contributed by atoms with Crippen LogP contribution in [0.4, 0.5) is 0 Å². The molecule has 0 atom stereocenters. The van der Waals surface area contributed by atoms with Crippen LogP contribution in [-0.4, -0.2) is 32.2 Å². The normalized spacial score (nSPS) is 10.6. The molecule has 0 aromatic heterocycles. The molecule has 0 bridgehead atoms. The largest absolute Gasteiger partial charge is 0.496 e. The standard InChI is InChI=1S/C15H22BrNO2/c1-6-17(9-11(2)3)10-12-7-13(16)15(19-5)8-14(12)18-4/h7-8H,2,6,9-10H2,1,3-5H3. The molecule has 4 heteroatoms. The zero-order valence-corrected chi connectivity index (χ0v) is 13.7. The predicted molar refractivity (Wildman–Crippen MR) is 83.0 cm³/mol. The Morgan fingerprint density at radius 1 is 1.26 bits per heavy atom. The summed E-state index contributed by atoms with van der Waals surface area (Å²) in [5, 5.41) is 0. The number of rotatable bonds is 7. The second-order valence-corrected chi connectivity index (χ2v) is 5.41. The lowest BCUT2D eigenvalue weighted by molar-refractivity contribution is 0.296. The summed E-state index contributed by atoms with van der Waals surface area (Å²) in [6.07, 6.45) is 0. The molecule has 1 aromatic rings. The van der Waals surface area contributed by atoms with Crippen molar-refractivity contribution in [2.75, 3.05) is 27.3 Å². The topological polar surface area (TPSA) is 21.7 Å². The Bertz CT molecular complexity index is 446. The van der Waals surface area contributed by atoms with E-state index in [1.165, 1.54) is 0 Å². The average molecular weight is 328 g/mol. The smallest absolute Gasteiger partial charge is 0.136 e. The number of methoxy groups -OCH3 is 2. The second kappa shape index (κ2) is 7.56. The third-order valence-electron chi connectivity index (χ3n) is 2.89. The number of halogens is 1. The molecular formula is C15H22BrNO2. The Morgan fingerprint density at radius 2 is 1.89 bits per heavy atom. The summed E-state index contributed by atoms with van der Waals surface area (Å²) in [5.74, 6) is 1.63. The highest BCUT2D eigenvalue weighted by atomic mass is 79.9. The Balaban J connectivity index is 2.98. The molecule has 0 saturated carbocycles. The van der Waals surface area contributed by atoms with Crippen LogP contribution >= 0.6 is 15.9 Å². The van der Waals surface area contributed by atoms with Crippen LogP contribution in [0.2, 0.25) is 0 Å². The summed E-state index contributed by atoms with van der Waals surface area (Å²) in [5.41, 5.74) is 2.30. The molecular weight excluding hydrogens is 306 g/mol. The molecule has 106 valence electrons. The fourth-order valence-electron chi connectivity index (χ4n) is 1.95. The van der Waals surface area contributed by atoms with Gasteiger partial charge in [0.25, 0.3) is 0 Å². The number of hydrogen-bond acceptors (Lipinski definition) is 3. The molecule has 1 aromatic carbocycles. The van der Waals surface area contributed by atoms with Gasteiger partial charge in [-0.05, 0) is 35.5 Å². The van der Waals surface area contributed by atoms with Crippen LogP contribution in [0.25, 0.3) is 0 Å². The summed E-state index contributed by atoms with van der Waals surface area (Å²) in [6, 6.07) is 3.97. The van der Waals surface area contributed by atoms with Crippen molar-refractivity contribution >= 4 is 15.9 Å². The monoisotopic (exact) mass is 327 g/mol. The third-order valence-corrected chi connectivity index (χ3v) is 3.51. The van der Waals surface area contributed by atoms with Crippen LogP contribution in [0.5, 0.6) is 11.5 Å². The van der Waals surface area contributed by atoms with Crippen LogP contribution < -0.4 is 9.47 Å². The van der Waals surface area contributed by atoms with Gasteiger partial charge in [0.2, 0.25) is 0 Å². The lowest BCUT2D eigenvalue weighted by atomic mass is 10.1. The molecule has 19 heavy (non-hydrogen) atoms. The molecule has 0 spiro atoms. The zero-order valence-electron chi connectivity index (χ0n) is 12.1. The molecule has 0 radical (unpaired) electrons. The molecule has 0 aliphatic heterocycles. The fourth-order valence-corrected chi connectivity index (χ4v) is 2.50. The fraction of sp³-hybridized carbons (Fsp3) is 0.467. The predicted octanol–water partition coefficient (Wildman–Crippen LogP) is 3.86. The van der Waals surface area contributed by atoms with E-state index in [0.717, 1.165) is 46.7 Å². The van der Waals surface area contributed by atoms with Gasteiger partial charge in [0.05, 0.1) is 18.7 Å². The Kier molecular flexibility index (Phi) is 6.38. The highest BCUT2D eigenvalue weighted by molar-refractivity contribution is 9.10. The first kappa shape index (κ1) is 16.1. The second-order valence-electron chi connectivity index (χ2n) is 4.56. The lowest BCUT2D eigenvalue weighted by Gasteiger charge is -2.22. The summed E-state index contributed by atoms with van der Waals surface area (Å²) in [6.45, 7) is 10.9. The molecule has 0 N–H and O–H groups in total. The van der Waals surface area contributed by atoms with Gasteiger partial charge in [0.15, 0.2) is 0 Å². The van der Waals surface area contributed by atoms with Crippen molar-refractivity contribution in [2.24, 2.45) is 0 Å². The van der Waals surface area contributed by atoms with Crippen molar-refractivity contribution in [1.82, 2.24) is 4.90 Å². The maximum absolute atomic E-state index is 5.44. The molecule has 3 nitrogen and oxygen atoms in total. The summed E-state index contributed by atoms with van der Waals surface area (Å²) in [7, 11) is 3.33. The third kappa shape index (κ3) is 4.55. The van der Waals surface area contributed by atoms with Crippen molar-refractivity contribution in [2.45, 2.75) is 20.4 Å². The highest BCUT2D eigenvalue weighted by Gasteiger charge is 2.12. The first-order chi connectivity index (χ1) is 9.01. The van der Waals surface area contributed by atoms with E-state index in [4.69, 9.17) is 9.47 Å². The van der Waals surface area contributed by atoms with E-state index in [9.17, 15) is 0 Å². The maximum atomic E-state index is 5.44. The van der Waals surface area contributed by atoms with E-state index in [1.807, 2.05) is 13.0 Å². The van der Waals surface area contributed by atoms with E-state index < -0.39 is 0 Å². The van der Waals surface area contributed by atoms with E-state index in [2.05, 4.69) is 40.4 Å². The molecule has 1 rings (SSSR count). The van der Waals surface area contributed by atoms with Crippen molar-refractivity contribution in [3.63, 3.8) is 0 Å². The minimum atomic E-state index is 0.781. The highest BCUT2D eigenvalue weighted by Crippen LogP contribution is 2.33. The van der Waals surface area contributed by atoms with Crippen LogP contribution in [0.15, 0.2) is 28.8 Å². The van der Waals surface area contributed by atoms with Gasteiger partial charge in [0.1, 0.15) is 11.5 Å². The Morgan fingerprint density at radius 3 is 2.37 bits per heavy atom. The molecule has 0 saturated heterocycles. The van der Waals surface area contributed by atoms with E-state index in [-0.39, 0.29) is 0 Å². The van der Waals surface area contributed by atoms with E-state index >= 15 is 0 Å². The summed E-state index contributed by atoms with van der Waals surface area (Å²) >= 11 is 3.52. The van der Waals surface area contributed by atoms with Crippen molar-refractivity contribution in [3.8, 4) is 11.5 Å². The van der Waals surface area contributed by atoms with Gasteiger partial charge >= 0.3 is 0 Å². The van der Waals surface area contributed by atoms with Crippen molar-refractivity contribution < 1.29 is 9.47 Å². The lowest BCUT2D eigenvalue weighted by Crippen LogP contribution is -2.24. The number of benzene rings is 1. The maximum Gasteiger partial charge on any atom is 0.136 e. The van der Waals surface area contributed by atoms with Crippen molar-refractivity contribution in [3.05, 3.63) is 34.3 Å². The van der Waals surface area contributed by atoms with Gasteiger partial charge in [-0.2, -0.15) is 0 Å². The van der Waals surface area contributed by atoms with Crippen LogP contribution in [0.3, 0.4) is 0 Å². The molecule has 0 fully saturated rings. The van der Waals surface area contributed by atoms with E-state index in [0.29, 0.717) is 0 Å². The zero-order chi connectivity index (χ0) is 14.4. The van der Waals surface area contributed by atoms with E-state index in [1.54, 1.807) is 14.2 Å². The van der Waals surface area contributed by atoms with Gasteiger partial charge in [-0.15, -0.1) is 0 Å². The van der Waals surface area contributed by atoms with Crippen molar-refractivity contribution in [1.29, 1.82) is 0 Å². The van der Waals surface area contributed by atoms with Gasteiger partial charge in [-0.25, -0.2) is 0 Å². The Hall–Kier alpha value is -1.00. The first-order valence-electron chi connectivity index (χ1n) is 6.28. The number of nitrogens with zero attached hydrogens (tertiary/aromatic N) is 1.